The van der Waals surface area contributed by atoms with Crippen LogP contribution in [0, 0.1) is 0 Å². The molecule has 0 aromatic carbocycles. The average molecular weight is 126 g/mol. The molecule has 0 aromatic heterocycles. The third-order valence-electron chi connectivity index (χ3n) is 0.725. The highest BCUT2D eigenvalue weighted by molar-refractivity contribution is 5.13. The number of allylic oxidation sites excluding steroid dienone is 5. The number of hydrogen-bond acceptors (Lipinski definition) is 0. The smallest absolute Gasteiger partial charge is 0.0866 e. The van der Waals surface area contributed by atoms with Crippen molar-refractivity contribution >= 4 is 0 Å². The molecule has 0 aliphatic carbocycles. The summed E-state index contributed by atoms with van der Waals surface area (Å²) in [5, 5.41) is 0. The lowest BCUT2D eigenvalue weighted by Gasteiger charge is -1.78. The molecular formula is C8H11F. The molecule has 0 spiro atoms. The molecule has 0 aliphatic rings. The molecule has 0 fully saturated rings. The van der Waals surface area contributed by atoms with Crippen molar-refractivity contribution in [3.63, 3.8) is 0 Å². The minimum absolute atomic E-state index is 0.509. The molecule has 0 N–H and O–H groups in total. The number of hydrogen-bond donors (Lipinski definition) is 0. The number of halogens is 1. The molecule has 0 radical (unpaired) electrons. The molecule has 0 aliphatic heterocycles. The Morgan fingerprint density at radius 2 is 1.78 bits per heavy atom. The van der Waals surface area contributed by atoms with Crippen molar-refractivity contribution in [1.82, 2.24) is 0 Å². The molecule has 0 heterocycles. The largest absolute Gasteiger partial charge is 0.216 e. The van der Waals surface area contributed by atoms with Gasteiger partial charge < -0.3 is 0 Å². The molecule has 9 heavy (non-hydrogen) atoms. The normalized spacial score (nSPS) is 11.0. The van der Waals surface area contributed by atoms with Gasteiger partial charge >= 0.3 is 0 Å². The average Bonchev–Trinajstić information content (AvgIpc) is 1.80. The molecule has 0 amide bonds. The van der Waals surface area contributed by atoms with Crippen molar-refractivity contribution in [3.8, 4) is 0 Å². The SMILES string of the molecule is CC(C)=C/C=C\C=C\F. The Balaban J connectivity index is 3.60. The molecule has 0 atom stereocenters. The third-order valence-corrected chi connectivity index (χ3v) is 0.725. The van der Waals surface area contributed by atoms with Crippen molar-refractivity contribution in [2.75, 3.05) is 0 Å². The van der Waals surface area contributed by atoms with E-state index in [1.165, 1.54) is 11.6 Å². The van der Waals surface area contributed by atoms with Gasteiger partial charge in [0.2, 0.25) is 0 Å². The van der Waals surface area contributed by atoms with Crippen LogP contribution in [0.3, 0.4) is 0 Å². The Kier molecular flexibility index (Phi) is 4.79. The van der Waals surface area contributed by atoms with E-state index >= 15 is 0 Å². The zero-order valence-corrected chi connectivity index (χ0v) is 5.76. The zero-order valence-electron chi connectivity index (χ0n) is 5.76. The summed E-state index contributed by atoms with van der Waals surface area (Å²) in [5.74, 6) is 0. The van der Waals surface area contributed by atoms with Crippen LogP contribution in [0.1, 0.15) is 13.8 Å². The predicted molar refractivity (Wildman–Crippen MR) is 38.8 cm³/mol. The molecule has 0 nitrogen and oxygen atoms in total. The van der Waals surface area contributed by atoms with Crippen LogP contribution in [-0.4, -0.2) is 0 Å². The molecule has 0 aromatic rings. The van der Waals surface area contributed by atoms with E-state index in [0.717, 1.165) is 0 Å². The molecule has 0 saturated carbocycles. The van der Waals surface area contributed by atoms with Gasteiger partial charge in [0.05, 0.1) is 6.33 Å². The van der Waals surface area contributed by atoms with Crippen LogP contribution in [-0.2, 0) is 0 Å². The summed E-state index contributed by atoms with van der Waals surface area (Å²) in [6, 6.07) is 0. The van der Waals surface area contributed by atoms with Crippen LogP contribution in [0.25, 0.3) is 0 Å². The van der Waals surface area contributed by atoms with Gasteiger partial charge in [0, 0.05) is 0 Å². The van der Waals surface area contributed by atoms with E-state index in [2.05, 4.69) is 0 Å². The quantitative estimate of drug-likeness (QED) is 0.499. The molecule has 0 bridgehead atoms. The zero-order chi connectivity index (χ0) is 7.11. The Labute approximate surface area is 55.4 Å². The first kappa shape index (κ1) is 8.15. The van der Waals surface area contributed by atoms with E-state index in [4.69, 9.17) is 0 Å². The van der Waals surface area contributed by atoms with Gasteiger partial charge in [-0.05, 0) is 19.9 Å². The molecule has 0 unspecified atom stereocenters. The Morgan fingerprint density at radius 1 is 1.11 bits per heavy atom. The summed E-state index contributed by atoms with van der Waals surface area (Å²) in [6.45, 7) is 3.98. The lowest BCUT2D eigenvalue weighted by Crippen LogP contribution is -1.57. The summed E-state index contributed by atoms with van der Waals surface area (Å²) in [6.07, 6.45) is 7.22. The highest BCUT2D eigenvalue weighted by Gasteiger charge is 1.67. The van der Waals surface area contributed by atoms with Gasteiger partial charge in [-0.1, -0.05) is 23.8 Å². The van der Waals surface area contributed by atoms with Crippen LogP contribution in [0.5, 0.6) is 0 Å². The van der Waals surface area contributed by atoms with E-state index < -0.39 is 0 Å². The Hall–Kier alpha value is -0.850. The van der Waals surface area contributed by atoms with Gasteiger partial charge in [-0.25, -0.2) is 4.39 Å². The first-order chi connectivity index (χ1) is 4.27. The van der Waals surface area contributed by atoms with Crippen LogP contribution >= 0.6 is 0 Å². The lowest BCUT2D eigenvalue weighted by molar-refractivity contribution is 0.721. The second-order valence-corrected chi connectivity index (χ2v) is 1.95. The summed E-state index contributed by atoms with van der Waals surface area (Å²) < 4.78 is 11.3. The second-order valence-electron chi connectivity index (χ2n) is 1.95. The van der Waals surface area contributed by atoms with Gasteiger partial charge in [-0.2, -0.15) is 0 Å². The van der Waals surface area contributed by atoms with Crippen LogP contribution in [0.15, 0.2) is 36.2 Å². The monoisotopic (exact) mass is 126 g/mol. The van der Waals surface area contributed by atoms with E-state index in [1.54, 1.807) is 12.2 Å². The highest BCUT2D eigenvalue weighted by atomic mass is 19.1. The Morgan fingerprint density at radius 3 is 2.22 bits per heavy atom. The Bertz CT molecular complexity index is 137. The third kappa shape index (κ3) is 7.15. The van der Waals surface area contributed by atoms with Crippen LogP contribution in [0.4, 0.5) is 4.39 Å². The van der Waals surface area contributed by atoms with Gasteiger partial charge in [0.15, 0.2) is 0 Å². The van der Waals surface area contributed by atoms with Crippen molar-refractivity contribution in [2.24, 2.45) is 0 Å². The maximum atomic E-state index is 11.3. The predicted octanol–water partition coefficient (Wildman–Crippen LogP) is 2.99. The standard InChI is InChI=1S/C8H11F/c1-8(2)6-4-3-5-7-9/h3-7H,1-2H3/b4-3-,7-5+. The van der Waals surface area contributed by atoms with Gasteiger partial charge in [0.25, 0.3) is 0 Å². The van der Waals surface area contributed by atoms with Crippen molar-refractivity contribution in [3.05, 3.63) is 36.2 Å². The summed E-state index contributed by atoms with van der Waals surface area (Å²) in [5.41, 5.74) is 1.21. The minimum atomic E-state index is 0.509. The van der Waals surface area contributed by atoms with Gasteiger partial charge in [0.1, 0.15) is 0 Å². The molecule has 0 saturated heterocycles. The van der Waals surface area contributed by atoms with Crippen LogP contribution < -0.4 is 0 Å². The summed E-state index contributed by atoms with van der Waals surface area (Å²) >= 11 is 0. The molecule has 0 rings (SSSR count). The first-order valence-corrected chi connectivity index (χ1v) is 2.84. The van der Waals surface area contributed by atoms with Gasteiger partial charge in [-0.15, -0.1) is 0 Å². The maximum Gasteiger partial charge on any atom is 0.0866 e. The fraction of sp³-hybridized carbons (Fsp3) is 0.250. The number of rotatable bonds is 2. The fourth-order valence-corrected chi connectivity index (χ4v) is 0.354. The maximum absolute atomic E-state index is 11.3. The summed E-state index contributed by atoms with van der Waals surface area (Å²) in [4.78, 5) is 0. The van der Waals surface area contributed by atoms with Crippen LogP contribution in [0.2, 0.25) is 0 Å². The first-order valence-electron chi connectivity index (χ1n) is 2.84. The topological polar surface area (TPSA) is 0 Å². The second kappa shape index (κ2) is 5.29. The fourth-order valence-electron chi connectivity index (χ4n) is 0.354. The van der Waals surface area contributed by atoms with E-state index in [9.17, 15) is 4.39 Å². The highest BCUT2D eigenvalue weighted by Crippen LogP contribution is 1.88. The van der Waals surface area contributed by atoms with E-state index in [0.29, 0.717) is 6.33 Å². The van der Waals surface area contributed by atoms with Crippen molar-refractivity contribution in [1.29, 1.82) is 0 Å². The molecule has 1 heteroatoms. The van der Waals surface area contributed by atoms with Gasteiger partial charge in [-0.3, -0.25) is 0 Å². The van der Waals surface area contributed by atoms with E-state index in [-0.39, 0.29) is 0 Å². The van der Waals surface area contributed by atoms with E-state index in [1.807, 2.05) is 19.9 Å². The lowest BCUT2D eigenvalue weighted by atomic mass is 10.3. The van der Waals surface area contributed by atoms with Crippen molar-refractivity contribution in [2.45, 2.75) is 13.8 Å². The minimum Gasteiger partial charge on any atom is -0.216 e. The summed E-state index contributed by atoms with van der Waals surface area (Å²) in [7, 11) is 0. The molecular weight excluding hydrogens is 115 g/mol. The molecule has 50 valence electrons. The van der Waals surface area contributed by atoms with Crippen molar-refractivity contribution < 1.29 is 4.39 Å².